The molecule has 2 atom stereocenters. The lowest BCUT2D eigenvalue weighted by Crippen LogP contribution is -2.44. The van der Waals surface area contributed by atoms with Gasteiger partial charge in [-0.05, 0) is 19.4 Å². The molecule has 1 aliphatic rings. The van der Waals surface area contributed by atoms with Gasteiger partial charge in [0.25, 0.3) is 0 Å². The first-order chi connectivity index (χ1) is 6.63. The van der Waals surface area contributed by atoms with Crippen LogP contribution in [0.25, 0.3) is 0 Å². The van der Waals surface area contributed by atoms with Gasteiger partial charge in [-0.1, -0.05) is 0 Å². The number of primary amides is 1. The van der Waals surface area contributed by atoms with E-state index in [1.807, 2.05) is 4.90 Å². The minimum absolute atomic E-state index is 0.0636. The van der Waals surface area contributed by atoms with E-state index in [1.165, 1.54) is 0 Å². The van der Waals surface area contributed by atoms with E-state index in [1.54, 1.807) is 0 Å². The maximum absolute atomic E-state index is 11.0. The minimum atomic E-state index is -0.511. The molecule has 0 bridgehead atoms. The fraction of sp³-hybridized carbons (Fsp3) is 0.889. The zero-order chi connectivity index (χ0) is 10.6. The van der Waals surface area contributed by atoms with Crippen LogP contribution in [0.15, 0.2) is 0 Å². The van der Waals surface area contributed by atoms with Crippen molar-refractivity contribution >= 4 is 17.5 Å². The fourth-order valence-corrected chi connectivity index (χ4v) is 1.90. The van der Waals surface area contributed by atoms with Gasteiger partial charge < -0.3 is 10.8 Å². The van der Waals surface area contributed by atoms with Crippen LogP contribution in [-0.2, 0) is 4.79 Å². The number of amides is 1. The molecule has 82 valence electrons. The van der Waals surface area contributed by atoms with Crippen molar-refractivity contribution in [2.45, 2.75) is 18.9 Å². The zero-order valence-electron chi connectivity index (χ0n) is 8.16. The van der Waals surface area contributed by atoms with Crippen LogP contribution >= 0.6 is 11.6 Å². The number of carbonyl (C=O) groups excluding carboxylic acids is 1. The summed E-state index contributed by atoms with van der Waals surface area (Å²) in [5, 5.41) is 9.35. The maximum atomic E-state index is 11.0. The van der Waals surface area contributed by atoms with Crippen LogP contribution in [-0.4, -0.2) is 47.5 Å². The molecule has 2 unspecified atom stereocenters. The van der Waals surface area contributed by atoms with Gasteiger partial charge in [-0.3, -0.25) is 9.69 Å². The third-order valence-electron chi connectivity index (χ3n) is 2.55. The van der Waals surface area contributed by atoms with Gasteiger partial charge in [-0.25, -0.2) is 0 Å². The van der Waals surface area contributed by atoms with Gasteiger partial charge in [-0.2, -0.15) is 0 Å². The Balaban J connectivity index is 2.36. The molecule has 5 heteroatoms. The Morgan fingerprint density at radius 1 is 1.71 bits per heavy atom. The Morgan fingerprint density at radius 3 is 3.00 bits per heavy atom. The minimum Gasteiger partial charge on any atom is -0.391 e. The van der Waals surface area contributed by atoms with Crippen molar-refractivity contribution in [3.63, 3.8) is 0 Å². The third-order valence-corrected chi connectivity index (χ3v) is 2.91. The summed E-state index contributed by atoms with van der Waals surface area (Å²) >= 11 is 5.50. The van der Waals surface area contributed by atoms with E-state index in [9.17, 15) is 9.90 Å². The summed E-state index contributed by atoms with van der Waals surface area (Å²) in [5.41, 5.74) is 5.24. The molecule has 0 aromatic rings. The van der Waals surface area contributed by atoms with Crippen molar-refractivity contribution in [2.75, 3.05) is 25.5 Å². The second-order valence-electron chi connectivity index (χ2n) is 3.81. The number of carbonyl (C=O) groups is 1. The highest BCUT2D eigenvalue weighted by atomic mass is 35.5. The fourth-order valence-electron chi connectivity index (χ4n) is 1.80. The van der Waals surface area contributed by atoms with E-state index in [0.29, 0.717) is 13.1 Å². The summed E-state index contributed by atoms with van der Waals surface area (Å²) in [7, 11) is 0. The topological polar surface area (TPSA) is 66.6 Å². The van der Waals surface area contributed by atoms with Gasteiger partial charge in [0.2, 0.25) is 5.91 Å². The van der Waals surface area contributed by atoms with Crippen molar-refractivity contribution in [3.05, 3.63) is 0 Å². The number of hydrogen-bond donors (Lipinski definition) is 2. The van der Waals surface area contributed by atoms with Crippen molar-refractivity contribution in [1.29, 1.82) is 0 Å². The van der Waals surface area contributed by atoms with Gasteiger partial charge in [0.05, 0.1) is 12.0 Å². The smallest absolute Gasteiger partial charge is 0.221 e. The Morgan fingerprint density at radius 2 is 2.43 bits per heavy atom. The highest BCUT2D eigenvalue weighted by Crippen LogP contribution is 2.16. The lowest BCUT2D eigenvalue weighted by molar-refractivity contribution is -0.123. The molecule has 1 fully saturated rings. The summed E-state index contributed by atoms with van der Waals surface area (Å²) in [4.78, 5) is 13.0. The number of nitrogens with two attached hydrogens (primary N) is 1. The molecule has 0 aromatic carbocycles. The molecule has 1 heterocycles. The second kappa shape index (κ2) is 5.53. The summed E-state index contributed by atoms with van der Waals surface area (Å²) in [6.45, 7) is 2.11. The van der Waals surface area contributed by atoms with E-state index < -0.39 is 6.10 Å². The average molecular weight is 221 g/mol. The van der Waals surface area contributed by atoms with Crippen LogP contribution < -0.4 is 5.73 Å². The average Bonchev–Trinajstić information content (AvgIpc) is 2.18. The number of piperidine rings is 1. The molecule has 0 aromatic heterocycles. The SMILES string of the molecule is NC(=O)C1CCCN(CC(O)CCl)C1. The van der Waals surface area contributed by atoms with E-state index >= 15 is 0 Å². The summed E-state index contributed by atoms with van der Waals surface area (Å²) in [6, 6.07) is 0. The van der Waals surface area contributed by atoms with Crippen LogP contribution in [0.2, 0.25) is 0 Å². The van der Waals surface area contributed by atoms with E-state index in [-0.39, 0.29) is 17.7 Å². The van der Waals surface area contributed by atoms with Crippen molar-refractivity contribution in [1.82, 2.24) is 4.90 Å². The summed E-state index contributed by atoms with van der Waals surface area (Å²) < 4.78 is 0. The first-order valence-corrected chi connectivity index (χ1v) is 5.42. The van der Waals surface area contributed by atoms with Gasteiger partial charge >= 0.3 is 0 Å². The monoisotopic (exact) mass is 220 g/mol. The molecular weight excluding hydrogens is 204 g/mol. The Labute approximate surface area is 89.0 Å². The number of aliphatic hydroxyl groups is 1. The van der Waals surface area contributed by atoms with E-state index in [0.717, 1.165) is 19.4 Å². The van der Waals surface area contributed by atoms with Gasteiger partial charge in [0.1, 0.15) is 0 Å². The summed E-state index contributed by atoms with van der Waals surface area (Å²) in [5.74, 6) is -0.0704. The molecule has 1 saturated heterocycles. The quantitative estimate of drug-likeness (QED) is 0.644. The van der Waals surface area contributed by atoms with Gasteiger partial charge in [0, 0.05) is 19.0 Å². The Bertz CT molecular complexity index is 201. The number of alkyl halides is 1. The predicted octanol–water partition coefficient (Wildman–Crippen LogP) is -0.217. The number of aliphatic hydroxyl groups excluding tert-OH is 1. The Kier molecular flexibility index (Phi) is 4.65. The molecule has 1 rings (SSSR count). The predicted molar refractivity (Wildman–Crippen MR) is 55.1 cm³/mol. The number of hydrogen-bond acceptors (Lipinski definition) is 3. The van der Waals surface area contributed by atoms with Crippen LogP contribution in [0.3, 0.4) is 0 Å². The third kappa shape index (κ3) is 3.44. The van der Waals surface area contributed by atoms with Crippen LogP contribution in [0, 0.1) is 5.92 Å². The number of halogens is 1. The van der Waals surface area contributed by atoms with Crippen LogP contribution in [0.1, 0.15) is 12.8 Å². The highest BCUT2D eigenvalue weighted by Gasteiger charge is 2.24. The number of rotatable bonds is 4. The molecule has 4 nitrogen and oxygen atoms in total. The van der Waals surface area contributed by atoms with Crippen LogP contribution in [0.5, 0.6) is 0 Å². The molecule has 3 N–H and O–H groups in total. The highest BCUT2D eigenvalue weighted by molar-refractivity contribution is 6.18. The number of likely N-dealkylation sites (tertiary alicyclic amines) is 1. The lowest BCUT2D eigenvalue weighted by atomic mass is 9.97. The number of β-amino-alcohol motifs (C(OH)–C–C–N with tert-alkyl or cyclic N) is 1. The summed E-state index contributed by atoms with van der Waals surface area (Å²) in [6.07, 6.45) is 1.31. The van der Waals surface area contributed by atoms with Gasteiger partial charge in [0.15, 0.2) is 0 Å². The lowest BCUT2D eigenvalue weighted by Gasteiger charge is -2.32. The normalized spacial score (nSPS) is 26.0. The van der Waals surface area contributed by atoms with E-state index in [4.69, 9.17) is 17.3 Å². The zero-order valence-corrected chi connectivity index (χ0v) is 8.91. The van der Waals surface area contributed by atoms with Crippen molar-refractivity contribution in [3.8, 4) is 0 Å². The van der Waals surface area contributed by atoms with E-state index in [2.05, 4.69) is 0 Å². The van der Waals surface area contributed by atoms with Crippen LogP contribution in [0.4, 0.5) is 0 Å². The molecule has 1 aliphatic heterocycles. The molecule has 0 radical (unpaired) electrons. The maximum Gasteiger partial charge on any atom is 0.221 e. The molecule has 0 aliphatic carbocycles. The first-order valence-electron chi connectivity index (χ1n) is 4.89. The molecule has 14 heavy (non-hydrogen) atoms. The Hall–Kier alpha value is -0.320. The first kappa shape index (κ1) is 11.8. The van der Waals surface area contributed by atoms with Gasteiger partial charge in [-0.15, -0.1) is 11.6 Å². The van der Waals surface area contributed by atoms with Crippen molar-refractivity contribution < 1.29 is 9.90 Å². The molecule has 0 saturated carbocycles. The number of nitrogens with zero attached hydrogens (tertiary/aromatic N) is 1. The second-order valence-corrected chi connectivity index (χ2v) is 4.12. The molecule has 0 spiro atoms. The molecule has 1 amide bonds. The standard InChI is InChI=1S/C9H17ClN2O2/c10-4-8(13)6-12-3-1-2-7(5-12)9(11)14/h7-8,13H,1-6H2,(H2,11,14). The van der Waals surface area contributed by atoms with Crippen molar-refractivity contribution in [2.24, 2.45) is 11.7 Å². The molecular formula is C9H17ClN2O2. The largest absolute Gasteiger partial charge is 0.391 e.